The summed E-state index contributed by atoms with van der Waals surface area (Å²) in [6.07, 6.45) is 13.4. The summed E-state index contributed by atoms with van der Waals surface area (Å²) in [4.78, 5) is 0. The second-order valence-electron chi connectivity index (χ2n) is 6.31. The van der Waals surface area contributed by atoms with Crippen LogP contribution in [0.2, 0.25) is 0 Å². The van der Waals surface area contributed by atoms with E-state index in [2.05, 4.69) is 11.1 Å². The van der Waals surface area contributed by atoms with E-state index < -0.39 is 14.9 Å². The van der Waals surface area contributed by atoms with Gasteiger partial charge in [0, 0.05) is 0 Å². The molecule has 0 radical (unpaired) electrons. The fourth-order valence-electron chi connectivity index (χ4n) is 2.39. The van der Waals surface area contributed by atoms with Gasteiger partial charge >= 0.3 is 0 Å². The molecular formula is C16H37NO3S. The van der Waals surface area contributed by atoms with Gasteiger partial charge in [0.2, 0.25) is 0 Å². The van der Waals surface area contributed by atoms with E-state index in [1.807, 2.05) is 0 Å². The molecule has 21 heavy (non-hydrogen) atoms. The maximum Gasteiger partial charge on any atom is 0.272 e. The number of unbranched alkanes of at least 4 members (excludes halogenated alkanes) is 9. The van der Waals surface area contributed by atoms with Crippen LogP contribution in [0.15, 0.2) is 0 Å². The monoisotopic (exact) mass is 323 g/mol. The summed E-state index contributed by atoms with van der Waals surface area (Å²) in [5.41, 5.74) is 0. The van der Waals surface area contributed by atoms with Gasteiger partial charge in [-0.2, -0.15) is 8.42 Å². The standard InChI is InChI=1S/C16H34O3S.H3N/c1-5-6-7-8-9-10-11-12-13-14-15-16(2,3)20(17,18)19-4;/h5-15H2,1-4H3;1H3. The highest BCUT2D eigenvalue weighted by molar-refractivity contribution is 7.88. The van der Waals surface area contributed by atoms with Gasteiger partial charge in [0.05, 0.1) is 11.9 Å². The first kappa shape index (κ1) is 23.1. The van der Waals surface area contributed by atoms with Crippen molar-refractivity contribution in [3.63, 3.8) is 0 Å². The molecule has 3 N–H and O–H groups in total. The van der Waals surface area contributed by atoms with Crippen LogP contribution < -0.4 is 6.15 Å². The van der Waals surface area contributed by atoms with Crippen LogP contribution in [-0.4, -0.2) is 20.3 Å². The van der Waals surface area contributed by atoms with E-state index in [0.29, 0.717) is 6.42 Å². The number of hydrogen-bond donors (Lipinski definition) is 1. The zero-order chi connectivity index (χ0) is 15.5. The van der Waals surface area contributed by atoms with Crippen LogP contribution in [0.4, 0.5) is 0 Å². The first-order valence-corrected chi connectivity index (χ1v) is 9.58. The molecule has 0 aliphatic rings. The highest BCUT2D eigenvalue weighted by Crippen LogP contribution is 2.25. The van der Waals surface area contributed by atoms with Gasteiger partial charge in [-0.15, -0.1) is 0 Å². The minimum Gasteiger partial charge on any atom is -0.344 e. The first-order valence-electron chi connectivity index (χ1n) is 8.17. The third-order valence-corrected chi connectivity index (χ3v) is 6.03. The summed E-state index contributed by atoms with van der Waals surface area (Å²) in [6, 6.07) is 0. The van der Waals surface area contributed by atoms with Crippen molar-refractivity contribution < 1.29 is 12.6 Å². The molecule has 4 nitrogen and oxygen atoms in total. The van der Waals surface area contributed by atoms with Gasteiger partial charge in [0.1, 0.15) is 0 Å². The average molecular weight is 324 g/mol. The van der Waals surface area contributed by atoms with Crippen molar-refractivity contribution in [2.45, 2.75) is 96.1 Å². The Morgan fingerprint density at radius 2 is 1.19 bits per heavy atom. The zero-order valence-corrected chi connectivity index (χ0v) is 15.4. The third-order valence-electron chi connectivity index (χ3n) is 4.03. The van der Waals surface area contributed by atoms with E-state index in [9.17, 15) is 8.42 Å². The van der Waals surface area contributed by atoms with Gasteiger partial charge in [-0.1, -0.05) is 71.1 Å². The third kappa shape index (κ3) is 10.3. The number of rotatable bonds is 13. The highest BCUT2D eigenvalue weighted by atomic mass is 32.2. The Kier molecular flexibility index (Phi) is 13.7. The quantitative estimate of drug-likeness (QED) is 0.372. The molecule has 0 atom stereocenters. The topological polar surface area (TPSA) is 78.4 Å². The molecule has 0 saturated carbocycles. The largest absolute Gasteiger partial charge is 0.344 e. The molecule has 0 aliphatic carbocycles. The van der Waals surface area contributed by atoms with Crippen molar-refractivity contribution >= 4 is 10.1 Å². The van der Waals surface area contributed by atoms with Crippen LogP contribution in [0.5, 0.6) is 0 Å². The minimum absolute atomic E-state index is 0. The maximum atomic E-state index is 11.7. The molecule has 0 saturated heterocycles. The molecule has 130 valence electrons. The maximum absolute atomic E-state index is 11.7. The molecule has 0 aromatic rings. The Hall–Kier alpha value is -0.130. The van der Waals surface area contributed by atoms with E-state index in [0.717, 1.165) is 12.8 Å². The van der Waals surface area contributed by atoms with Crippen LogP contribution in [0.1, 0.15) is 91.4 Å². The van der Waals surface area contributed by atoms with E-state index in [-0.39, 0.29) is 6.15 Å². The minimum atomic E-state index is -3.41. The normalized spacial score (nSPS) is 12.2. The van der Waals surface area contributed by atoms with E-state index in [1.54, 1.807) is 13.8 Å². The van der Waals surface area contributed by atoms with Gasteiger partial charge in [0.15, 0.2) is 0 Å². The Morgan fingerprint density at radius 1 is 0.810 bits per heavy atom. The van der Waals surface area contributed by atoms with Crippen molar-refractivity contribution in [3.8, 4) is 0 Å². The van der Waals surface area contributed by atoms with Gasteiger partial charge < -0.3 is 6.15 Å². The van der Waals surface area contributed by atoms with Crippen LogP contribution >= 0.6 is 0 Å². The summed E-state index contributed by atoms with van der Waals surface area (Å²) in [5.74, 6) is 0. The Labute approximate surface area is 132 Å². The Balaban J connectivity index is 0. The summed E-state index contributed by atoms with van der Waals surface area (Å²) in [5, 5.41) is 0. The van der Waals surface area contributed by atoms with Crippen LogP contribution in [0.25, 0.3) is 0 Å². The summed E-state index contributed by atoms with van der Waals surface area (Å²) in [7, 11) is -2.16. The molecule has 0 spiro atoms. The van der Waals surface area contributed by atoms with Gasteiger partial charge in [0.25, 0.3) is 10.1 Å². The lowest BCUT2D eigenvalue weighted by molar-refractivity contribution is 0.362. The van der Waals surface area contributed by atoms with E-state index >= 15 is 0 Å². The summed E-state index contributed by atoms with van der Waals surface area (Å²) < 4.78 is 27.2. The molecule has 0 aromatic carbocycles. The SMILES string of the molecule is CCCCCCCCCCCCC(C)(C)S(=O)(=O)OC.N. The summed E-state index contributed by atoms with van der Waals surface area (Å²) in [6.45, 7) is 5.74. The van der Waals surface area contributed by atoms with E-state index in [4.69, 9.17) is 0 Å². The van der Waals surface area contributed by atoms with Gasteiger partial charge in [-0.3, -0.25) is 4.18 Å². The average Bonchev–Trinajstić information content (AvgIpc) is 2.40. The lowest BCUT2D eigenvalue weighted by Crippen LogP contribution is -2.32. The van der Waals surface area contributed by atoms with Gasteiger partial charge in [-0.25, -0.2) is 0 Å². The fourth-order valence-corrected chi connectivity index (χ4v) is 3.23. The predicted molar refractivity (Wildman–Crippen MR) is 91.5 cm³/mol. The second kappa shape index (κ2) is 12.4. The van der Waals surface area contributed by atoms with Crippen molar-refractivity contribution in [1.82, 2.24) is 6.15 Å². The smallest absolute Gasteiger partial charge is 0.272 e. The fraction of sp³-hybridized carbons (Fsp3) is 1.00. The molecule has 0 heterocycles. The van der Waals surface area contributed by atoms with Crippen molar-refractivity contribution in [2.24, 2.45) is 0 Å². The van der Waals surface area contributed by atoms with Crippen molar-refractivity contribution in [1.29, 1.82) is 0 Å². The van der Waals surface area contributed by atoms with Crippen molar-refractivity contribution in [2.75, 3.05) is 7.11 Å². The molecule has 0 bridgehead atoms. The van der Waals surface area contributed by atoms with Crippen LogP contribution in [-0.2, 0) is 14.3 Å². The van der Waals surface area contributed by atoms with Crippen molar-refractivity contribution in [3.05, 3.63) is 0 Å². The van der Waals surface area contributed by atoms with E-state index in [1.165, 1.54) is 58.5 Å². The van der Waals surface area contributed by atoms with Crippen LogP contribution in [0, 0.1) is 0 Å². The molecule has 0 rings (SSSR count). The second-order valence-corrected chi connectivity index (χ2v) is 8.66. The molecule has 5 heteroatoms. The molecule has 0 amide bonds. The predicted octanol–water partition coefficient (Wildman–Crippen LogP) is 5.21. The molecule has 0 aliphatic heterocycles. The zero-order valence-electron chi connectivity index (χ0n) is 14.6. The Bertz CT molecular complexity index is 326. The molecule has 0 fully saturated rings. The molecular weight excluding hydrogens is 286 g/mol. The summed E-state index contributed by atoms with van der Waals surface area (Å²) >= 11 is 0. The lowest BCUT2D eigenvalue weighted by Gasteiger charge is -2.22. The Morgan fingerprint density at radius 3 is 1.57 bits per heavy atom. The lowest BCUT2D eigenvalue weighted by atomic mass is 10.0. The van der Waals surface area contributed by atoms with Crippen LogP contribution in [0.3, 0.4) is 0 Å². The first-order chi connectivity index (χ1) is 9.37. The number of hydrogen-bond acceptors (Lipinski definition) is 4. The highest BCUT2D eigenvalue weighted by Gasteiger charge is 2.33. The molecule has 0 unspecified atom stereocenters. The molecule has 0 aromatic heterocycles. The van der Waals surface area contributed by atoms with Gasteiger partial charge in [-0.05, 0) is 20.3 Å².